The Morgan fingerprint density at radius 2 is 1.91 bits per heavy atom. The van der Waals surface area contributed by atoms with Crippen LogP contribution in [-0.2, 0) is 0 Å². The molecule has 1 saturated heterocycles. The Balaban J connectivity index is 1.52. The van der Waals surface area contributed by atoms with Crippen LogP contribution in [0.25, 0.3) is 27.8 Å². The first kappa shape index (κ1) is 22.9. The quantitative estimate of drug-likeness (QED) is 0.315. The molecular weight excluding hydrogens is 477 g/mol. The third-order valence-corrected chi connectivity index (χ3v) is 8.27. The molecule has 0 saturated carbocycles. The fourth-order valence-corrected chi connectivity index (χ4v) is 6.43. The van der Waals surface area contributed by atoms with Crippen LogP contribution in [0.2, 0.25) is 5.02 Å². The highest BCUT2D eigenvalue weighted by molar-refractivity contribution is 8.24. The summed E-state index contributed by atoms with van der Waals surface area (Å²) in [4.78, 5) is 12.9. The van der Waals surface area contributed by atoms with Crippen molar-refractivity contribution >= 4 is 39.0 Å². The maximum atomic E-state index is 13.5. The third kappa shape index (κ3) is 4.54. The Morgan fingerprint density at radius 3 is 2.62 bits per heavy atom. The van der Waals surface area contributed by atoms with Gasteiger partial charge in [0.25, 0.3) is 5.91 Å². The van der Waals surface area contributed by atoms with E-state index in [1.807, 2.05) is 24.3 Å². The van der Waals surface area contributed by atoms with E-state index in [9.17, 15) is 18.3 Å². The highest BCUT2D eigenvalue weighted by atomic mass is 35.5. The maximum Gasteiger partial charge on any atom is 0.251 e. The Bertz CT molecular complexity index is 1370. The molecule has 0 radical (unpaired) electrons. The fraction of sp³-hybridized carbons (Fsp3) is 0.200. The zero-order chi connectivity index (χ0) is 23.9. The molecule has 6 nitrogen and oxygen atoms in total. The van der Waals surface area contributed by atoms with E-state index >= 15 is 0 Å². The minimum absolute atomic E-state index is 0.0502. The van der Waals surface area contributed by atoms with Crippen LogP contribution in [0, 0.1) is 11.7 Å². The van der Waals surface area contributed by atoms with E-state index in [0.717, 1.165) is 10.9 Å². The van der Waals surface area contributed by atoms with Gasteiger partial charge in [0, 0.05) is 34.6 Å². The van der Waals surface area contributed by atoms with Gasteiger partial charge in [0.1, 0.15) is 11.5 Å². The van der Waals surface area contributed by atoms with Crippen molar-refractivity contribution in [1.29, 1.82) is 0 Å². The van der Waals surface area contributed by atoms with Crippen molar-refractivity contribution in [2.45, 2.75) is 6.42 Å². The van der Waals surface area contributed by atoms with Gasteiger partial charge in [-0.05, 0) is 60.9 Å². The van der Waals surface area contributed by atoms with E-state index in [1.54, 1.807) is 35.0 Å². The topological polar surface area (TPSA) is 87.4 Å². The normalized spacial score (nSPS) is 18.2. The van der Waals surface area contributed by atoms with Gasteiger partial charge in [-0.2, -0.15) is 15.7 Å². The first-order valence-electron chi connectivity index (χ1n) is 10.9. The Kier molecular flexibility index (Phi) is 6.07. The lowest BCUT2D eigenvalue weighted by Crippen LogP contribution is -2.29. The average molecular weight is 500 g/mol. The van der Waals surface area contributed by atoms with E-state index in [-0.39, 0.29) is 17.6 Å². The van der Waals surface area contributed by atoms with Crippen molar-refractivity contribution in [3.8, 4) is 16.9 Å². The zero-order valence-electron chi connectivity index (χ0n) is 18.1. The summed E-state index contributed by atoms with van der Waals surface area (Å²) in [7, 11) is -2.50. The number of halogens is 2. The van der Waals surface area contributed by atoms with Gasteiger partial charge in [-0.1, -0.05) is 29.8 Å². The molecule has 3 N–H and O–H groups in total. The molecule has 3 aromatic carbocycles. The van der Waals surface area contributed by atoms with Gasteiger partial charge in [-0.15, -0.1) is 0 Å². The minimum atomic E-state index is -2.50. The van der Waals surface area contributed by atoms with Gasteiger partial charge in [0.15, 0.2) is 0 Å². The van der Waals surface area contributed by atoms with Crippen LogP contribution in [0.1, 0.15) is 16.8 Å². The van der Waals surface area contributed by atoms with Crippen LogP contribution in [0.4, 0.5) is 4.39 Å². The van der Waals surface area contributed by atoms with Crippen LogP contribution in [0.5, 0.6) is 0 Å². The van der Waals surface area contributed by atoms with Crippen LogP contribution >= 0.6 is 22.2 Å². The van der Waals surface area contributed by atoms with Crippen molar-refractivity contribution in [1.82, 2.24) is 15.1 Å². The number of fused-ring (bicyclic) bond motifs is 1. The van der Waals surface area contributed by atoms with E-state index < -0.39 is 10.6 Å². The molecule has 1 atom stereocenters. The molecular formula is C25H23ClFN3O3S. The standard InChI is InChI=1S/C25H23ClFN3O3S/c26-22-4-2-1-3-20(22)24-21-10-5-17(25(31)28-14-16-11-12-34(32,33)15-16)13-23(21)30(29-24)19-8-6-18(27)7-9-19/h1-10,13,16,32-33H,11-12,14-15H2,(H,28,31). The lowest BCUT2D eigenvalue weighted by molar-refractivity contribution is 0.0948. The summed E-state index contributed by atoms with van der Waals surface area (Å²) in [5.41, 5.74) is 3.20. The van der Waals surface area contributed by atoms with Crippen molar-refractivity contribution in [2.24, 2.45) is 5.92 Å². The third-order valence-electron chi connectivity index (χ3n) is 6.05. The van der Waals surface area contributed by atoms with Gasteiger partial charge in [0.05, 0.1) is 16.2 Å². The molecule has 1 fully saturated rings. The lowest BCUT2D eigenvalue weighted by atomic mass is 10.1. The molecule has 4 aromatic rings. The molecule has 5 rings (SSSR count). The summed E-state index contributed by atoms with van der Waals surface area (Å²) in [6, 6.07) is 18.7. The first-order valence-corrected chi connectivity index (χ1v) is 13.1. The van der Waals surface area contributed by atoms with Gasteiger partial charge in [-0.25, -0.2) is 9.07 Å². The van der Waals surface area contributed by atoms with E-state index in [0.29, 0.717) is 52.0 Å². The maximum absolute atomic E-state index is 13.5. The van der Waals surface area contributed by atoms with Crippen molar-refractivity contribution in [3.63, 3.8) is 0 Å². The van der Waals surface area contributed by atoms with Gasteiger partial charge in [-0.3, -0.25) is 13.9 Å². The second kappa shape index (κ2) is 9.03. The van der Waals surface area contributed by atoms with Crippen LogP contribution in [0.3, 0.4) is 0 Å². The van der Waals surface area contributed by atoms with E-state index in [2.05, 4.69) is 5.32 Å². The summed E-state index contributed by atoms with van der Waals surface area (Å²) < 4.78 is 34.9. The molecule has 176 valence electrons. The minimum Gasteiger partial charge on any atom is -0.352 e. The molecule has 34 heavy (non-hydrogen) atoms. The van der Waals surface area contributed by atoms with Crippen LogP contribution < -0.4 is 5.32 Å². The second-order valence-electron chi connectivity index (χ2n) is 8.49. The summed E-state index contributed by atoms with van der Waals surface area (Å²) in [6.45, 7) is 0.384. The summed E-state index contributed by atoms with van der Waals surface area (Å²) in [5.74, 6) is 0.160. The summed E-state index contributed by atoms with van der Waals surface area (Å²) in [6.07, 6.45) is 0.681. The Morgan fingerprint density at radius 1 is 1.15 bits per heavy atom. The number of aromatic nitrogens is 2. The zero-order valence-corrected chi connectivity index (χ0v) is 19.7. The van der Waals surface area contributed by atoms with Gasteiger partial charge < -0.3 is 5.32 Å². The molecule has 1 amide bonds. The molecule has 0 spiro atoms. The van der Waals surface area contributed by atoms with Crippen molar-refractivity contribution < 1.29 is 18.3 Å². The molecule has 1 aromatic heterocycles. The average Bonchev–Trinajstić information content (AvgIpc) is 3.37. The molecule has 1 aliphatic rings. The molecule has 9 heteroatoms. The lowest BCUT2D eigenvalue weighted by Gasteiger charge is -2.26. The molecule has 1 unspecified atom stereocenters. The number of rotatable bonds is 5. The second-order valence-corrected chi connectivity index (χ2v) is 11.2. The number of benzene rings is 3. The number of carbonyl (C=O) groups excluding carboxylic acids is 1. The van der Waals surface area contributed by atoms with Gasteiger partial charge in [0.2, 0.25) is 0 Å². The number of nitrogens with one attached hydrogen (secondary N) is 1. The van der Waals surface area contributed by atoms with E-state index in [4.69, 9.17) is 16.7 Å². The highest BCUT2D eigenvalue weighted by Crippen LogP contribution is 2.48. The van der Waals surface area contributed by atoms with Crippen LogP contribution in [0.15, 0.2) is 66.7 Å². The summed E-state index contributed by atoms with van der Waals surface area (Å²) in [5, 5.41) is 9.04. The largest absolute Gasteiger partial charge is 0.352 e. The number of hydrogen-bond donors (Lipinski definition) is 3. The predicted octanol–water partition coefficient (Wildman–Crippen LogP) is 5.99. The van der Waals surface area contributed by atoms with Crippen molar-refractivity contribution in [2.75, 3.05) is 18.1 Å². The predicted molar refractivity (Wildman–Crippen MR) is 134 cm³/mol. The monoisotopic (exact) mass is 499 g/mol. The SMILES string of the molecule is O=C(NCC1CCS(O)(O)C1)c1ccc2c(-c3ccccc3Cl)nn(-c3ccc(F)cc3)c2c1. The Labute approximate surface area is 202 Å². The molecule has 2 heterocycles. The molecule has 1 aliphatic heterocycles. The highest BCUT2D eigenvalue weighted by Gasteiger charge is 2.28. The number of carbonyl (C=O) groups is 1. The van der Waals surface area contributed by atoms with Crippen LogP contribution in [-0.4, -0.2) is 42.8 Å². The van der Waals surface area contributed by atoms with Crippen molar-refractivity contribution in [3.05, 3.63) is 83.1 Å². The fourth-order valence-electron chi connectivity index (χ4n) is 4.29. The summed E-state index contributed by atoms with van der Waals surface area (Å²) >= 11 is 6.44. The Hall–Kier alpha value is -2.91. The number of amides is 1. The number of hydrogen-bond acceptors (Lipinski definition) is 4. The van der Waals surface area contributed by atoms with E-state index in [1.165, 1.54) is 12.1 Å². The number of nitrogens with zero attached hydrogens (tertiary/aromatic N) is 2. The molecule has 0 aliphatic carbocycles. The molecule has 0 bridgehead atoms. The van der Waals surface area contributed by atoms with Gasteiger partial charge >= 0.3 is 0 Å². The smallest absolute Gasteiger partial charge is 0.251 e. The first-order chi connectivity index (χ1) is 16.3.